The number of nitrogens with two attached hydrogens (primary N) is 1. The Morgan fingerprint density at radius 1 is 1.30 bits per heavy atom. The minimum Gasteiger partial charge on any atom is -0.320 e. The van der Waals surface area contributed by atoms with Crippen LogP contribution in [0.3, 0.4) is 0 Å². The number of rotatable bonds is 3. The summed E-state index contributed by atoms with van der Waals surface area (Å²) in [5, 5.41) is 17.6. The Balaban J connectivity index is 3.03. The van der Waals surface area contributed by atoms with Crippen molar-refractivity contribution in [3.05, 3.63) is 34.3 Å². The van der Waals surface area contributed by atoms with Crippen molar-refractivity contribution in [3.63, 3.8) is 0 Å². The fourth-order valence-electron chi connectivity index (χ4n) is 1.45. The van der Waals surface area contributed by atoms with E-state index in [0.717, 1.165) is 4.90 Å². The molecule has 0 fully saturated rings. The zero-order valence-electron chi connectivity index (χ0n) is 10.6. The highest BCUT2D eigenvalue weighted by Gasteiger charge is 2.16. The van der Waals surface area contributed by atoms with Gasteiger partial charge in [0.1, 0.15) is 13.1 Å². The standard InChI is InChI=1S/C14H11ClN4O/c15-13-10-12(4-3-11(13)2-1-5-16)14(20)19(8-6-17)9-7-18/h3-4,10H,5,8-9,16H2. The molecule has 1 rings (SSSR count). The summed E-state index contributed by atoms with van der Waals surface area (Å²) in [6.07, 6.45) is 0. The van der Waals surface area contributed by atoms with Crippen molar-refractivity contribution in [1.29, 1.82) is 10.5 Å². The number of hydrogen-bond acceptors (Lipinski definition) is 4. The molecule has 0 saturated heterocycles. The quantitative estimate of drug-likeness (QED) is 0.666. The maximum atomic E-state index is 12.1. The summed E-state index contributed by atoms with van der Waals surface area (Å²) in [5.41, 5.74) is 6.15. The second-order valence-electron chi connectivity index (χ2n) is 3.68. The number of benzene rings is 1. The fraction of sp³-hybridized carbons (Fsp3) is 0.214. The summed E-state index contributed by atoms with van der Waals surface area (Å²) in [7, 11) is 0. The Hall–Kier alpha value is -2.52. The molecule has 0 heterocycles. The molecule has 0 aliphatic rings. The highest BCUT2D eigenvalue weighted by molar-refractivity contribution is 6.32. The first-order chi connectivity index (χ1) is 9.63. The van der Waals surface area contributed by atoms with E-state index in [0.29, 0.717) is 16.1 Å². The van der Waals surface area contributed by atoms with E-state index in [9.17, 15) is 4.79 Å². The Kier molecular flexibility index (Phi) is 6.07. The molecule has 1 aromatic carbocycles. The van der Waals surface area contributed by atoms with Gasteiger partial charge in [-0.3, -0.25) is 4.79 Å². The summed E-state index contributed by atoms with van der Waals surface area (Å²) < 4.78 is 0. The van der Waals surface area contributed by atoms with Gasteiger partial charge in [-0.25, -0.2) is 0 Å². The molecule has 2 N–H and O–H groups in total. The Bertz CT molecular complexity index is 630. The molecule has 100 valence electrons. The van der Waals surface area contributed by atoms with Gasteiger partial charge >= 0.3 is 0 Å². The van der Waals surface area contributed by atoms with Gasteiger partial charge in [-0.2, -0.15) is 10.5 Å². The Morgan fingerprint density at radius 2 is 1.95 bits per heavy atom. The molecule has 0 aromatic heterocycles. The topological polar surface area (TPSA) is 93.9 Å². The van der Waals surface area contributed by atoms with Crippen molar-refractivity contribution >= 4 is 17.5 Å². The molecule has 0 spiro atoms. The average Bonchev–Trinajstić information content (AvgIpc) is 2.45. The molecule has 0 saturated carbocycles. The van der Waals surface area contributed by atoms with E-state index in [1.807, 2.05) is 12.1 Å². The van der Waals surface area contributed by atoms with E-state index < -0.39 is 5.91 Å². The second kappa shape index (κ2) is 7.81. The van der Waals surface area contributed by atoms with Crippen LogP contribution in [0, 0.1) is 34.5 Å². The number of carbonyl (C=O) groups excluding carboxylic acids is 1. The molecular formula is C14H11ClN4O. The summed E-state index contributed by atoms with van der Waals surface area (Å²) in [6.45, 7) is -0.0907. The van der Waals surface area contributed by atoms with Crippen LogP contribution in [0.2, 0.25) is 5.02 Å². The maximum absolute atomic E-state index is 12.1. The van der Waals surface area contributed by atoms with Gasteiger partial charge in [0.05, 0.1) is 23.7 Å². The highest BCUT2D eigenvalue weighted by Crippen LogP contribution is 2.18. The lowest BCUT2D eigenvalue weighted by molar-refractivity contribution is 0.0794. The molecule has 1 amide bonds. The largest absolute Gasteiger partial charge is 0.320 e. The minimum absolute atomic E-state index is 0.154. The van der Waals surface area contributed by atoms with Crippen LogP contribution in [0.15, 0.2) is 18.2 Å². The normalized spacial score (nSPS) is 8.80. The third kappa shape index (κ3) is 4.00. The molecule has 1 aromatic rings. The van der Waals surface area contributed by atoms with E-state index in [1.54, 1.807) is 12.1 Å². The smallest absolute Gasteiger partial charge is 0.255 e. The zero-order chi connectivity index (χ0) is 15.0. The van der Waals surface area contributed by atoms with Crippen LogP contribution in [0.1, 0.15) is 15.9 Å². The van der Waals surface area contributed by atoms with Gasteiger partial charge in [-0.05, 0) is 18.2 Å². The first-order valence-corrected chi connectivity index (χ1v) is 6.03. The van der Waals surface area contributed by atoms with E-state index in [4.69, 9.17) is 27.9 Å². The van der Waals surface area contributed by atoms with Crippen molar-refractivity contribution in [3.8, 4) is 24.0 Å². The van der Waals surface area contributed by atoms with Crippen molar-refractivity contribution in [2.45, 2.75) is 0 Å². The minimum atomic E-state index is -0.423. The molecule has 6 heteroatoms. The highest BCUT2D eigenvalue weighted by atomic mass is 35.5. The lowest BCUT2D eigenvalue weighted by atomic mass is 10.1. The number of carbonyl (C=O) groups is 1. The van der Waals surface area contributed by atoms with Gasteiger partial charge in [0, 0.05) is 11.1 Å². The van der Waals surface area contributed by atoms with Crippen LogP contribution >= 0.6 is 11.6 Å². The van der Waals surface area contributed by atoms with E-state index in [1.165, 1.54) is 6.07 Å². The van der Waals surface area contributed by atoms with Crippen LogP contribution in [0.4, 0.5) is 0 Å². The lowest BCUT2D eigenvalue weighted by Crippen LogP contribution is -2.31. The molecule has 0 aliphatic heterocycles. The monoisotopic (exact) mass is 286 g/mol. The van der Waals surface area contributed by atoms with Gasteiger partial charge in [0.15, 0.2) is 0 Å². The van der Waals surface area contributed by atoms with Crippen LogP contribution in [-0.4, -0.2) is 30.4 Å². The molecule has 0 radical (unpaired) electrons. The summed E-state index contributed by atoms with van der Waals surface area (Å²) in [4.78, 5) is 13.2. The number of nitriles is 2. The maximum Gasteiger partial charge on any atom is 0.255 e. The Morgan fingerprint density at radius 3 is 2.45 bits per heavy atom. The average molecular weight is 287 g/mol. The molecule has 0 atom stereocenters. The van der Waals surface area contributed by atoms with Crippen LogP contribution in [0.25, 0.3) is 0 Å². The summed E-state index contributed by atoms with van der Waals surface area (Å²) >= 11 is 6.02. The summed E-state index contributed by atoms with van der Waals surface area (Å²) in [5.74, 6) is 5.03. The van der Waals surface area contributed by atoms with E-state index >= 15 is 0 Å². The number of halogens is 1. The van der Waals surface area contributed by atoms with Gasteiger partial charge in [-0.15, -0.1) is 0 Å². The summed E-state index contributed by atoms with van der Waals surface area (Å²) in [6, 6.07) is 8.31. The van der Waals surface area contributed by atoms with Gasteiger partial charge < -0.3 is 10.6 Å². The van der Waals surface area contributed by atoms with Crippen LogP contribution in [0.5, 0.6) is 0 Å². The van der Waals surface area contributed by atoms with Crippen molar-refractivity contribution < 1.29 is 4.79 Å². The first kappa shape index (κ1) is 15.5. The van der Waals surface area contributed by atoms with E-state index in [-0.39, 0.29) is 19.6 Å². The van der Waals surface area contributed by atoms with Crippen molar-refractivity contribution in [2.75, 3.05) is 19.6 Å². The predicted octanol–water partition coefficient (Wildman–Crippen LogP) is 1.14. The zero-order valence-corrected chi connectivity index (χ0v) is 11.3. The number of nitrogens with zero attached hydrogens (tertiary/aromatic N) is 3. The van der Waals surface area contributed by atoms with E-state index in [2.05, 4.69) is 11.8 Å². The third-order valence-electron chi connectivity index (χ3n) is 2.35. The van der Waals surface area contributed by atoms with Gasteiger partial charge in [0.25, 0.3) is 5.91 Å². The molecule has 20 heavy (non-hydrogen) atoms. The molecular weight excluding hydrogens is 276 g/mol. The lowest BCUT2D eigenvalue weighted by Gasteiger charge is -2.15. The molecule has 5 nitrogen and oxygen atoms in total. The molecule has 0 aliphatic carbocycles. The predicted molar refractivity (Wildman–Crippen MR) is 74.5 cm³/mol. The number of hydrogen-bond donors (Lipinski definition) is 1. The van der Waals surface area contributed by atoms with Gasteiger partial charge in [-0.1, -0.05) is 23.4 Å². The molecule has 0 unspecified atom stereocenters. The van der Waals surface area contributed by atoms with Gasteiger partial charge in [0.2, 0.25) is 0 Å². The number of amides is 1. The van der Waals surface area contributed by atoms with Crippen LogP contribution in [-0.2, 0) is 0 Å². The van der Waals surface area contributed by atoms with Crippen LogP contribution < -0.4 is 5.73 Å². The molecule has 0 bridgehead atoms. The third-order valence-corrected chi connectivity index (χ3v) is 2.66. The SMILES string of the molecule is N#CCN(CC#N)C(=O)c1ccc(C#CCN)c(Cl)c1. The Labute approximate surface area is 122 Å². The fourth-order valence-corrected chi connectivity index (χ4v) is 1.68. The van der Waals surface area contributed by atoms with Crippen molar-refractivity contribution in [1.82, 2.24) is 4.90 Å². The first-order valence-electron chi connectivity index (χ1n) is 5.65. The van der Waals surface area contributed by atoms with Crippen molar-refractivity contribution in [2.24, 2.45) is 5.73 Å². The second-order valence-corrected chi connectivity index (χ2v) is 4.09.